The van der Waals surface area contributed by atoms with E-state index in [1.54, 1.807) is 6.20 Å². The number of methoxy groups -OCH3 is 2. The van der Waals surface area contributed by atoms with Crippen LogP contribution in [0, 0.1) is 11.6 Å². The monoisotopic (exact) mass is 426 g/mol. The number of nitrogen functional groups attached to an aromatic ring is 1. The molecule has 1 aliphatic rings. The van der Waals surface area contributed by atoms with Gasteiger partial charge in [0.15, 0.2) is 23.1 Å². The summed E-state index contributed by atoms with van der Waals surface area (Å²) in [6.45, 7) is -0.242. The molecule has 3 aromatic rings. The Morgan fingerprint density at radius 2 is 1.77 bits per heavy atom. The first-order chi connectivity index (χ1) is 14.9. The Morgan fingerprint density at radius 1 is 1.13 bits per heavy atom. The number of carbonyl (C=O) groups is 1. The van der Waals surface area contributed by atoms with Crippen LogP contribution in [0.2, 0.25) is 0 Å². The third-order valence-corrected chi connectivity index (χ3v) is 5.14. The minimum atomic E-state index is -0.889. The van der Waals surface area contributed by atoms with Crippen molar-refractivity contribution in [3.63, 3.8) is 0 Å². The maximum Gasteiger partial charge on any atom is 0.322 e. The summed E-state index contributed by atoms with van der Waals surface area (Å²) in [6.07, 6.45) is 1.54. The lowest BCUT2D eigenvalue weighted by molar-refractivity contribution is 0.201. The first-order valence-electron chi connectivity index (χ1n) is 9.42. The Hall–Kier alpha value is -3.88. The Kier molecular flexibility index (Phi) is 5.33. The number of amides is 2. The minimum Gasteiger partial charge on any atom is -0.494 e. The number of rotatable bonds is 5. The molecule has 2 heterocycles. The molecule has 7 nitrogen and oxygen atoms in total. The minimum absolute atomic E-state index is 0.0900. The van der Waals surface area contributed by atoms with Gasteiger partial charge in [0, 0.05) is 23.4 Å². The maximum absolute atomic E-state index is 14.8. The summed E-state index contributed by atoms with van der Waals surface area (Å²) >= 11 is 0. The Morgan fingerprint density at radius 3 is 2.39 bits per heavy atom. The van der Waals surface area contributed by atoms with Gasteiger partial charge >= 0.3 is 6.03 Å². The number of carbonyl (C=O) groups excluding carboxylic acids is 1. The van der Waals surface area contributed by atoms with Gasteiger partial charge in [-0.2, -0.15) is 0 Å². The molecule has 1 aromatic heterocycles. The molecule has 9 heteroatoms. The second-order valence-corrected chi connectivity index (χ2v) is 6.96. The average molecular weight is 426 g/mol. The number of halogens is 2. The fraction of sp³-hybridized carbons (Fsp3) is 0.182. The number of fused-ring (bicyclic) bond motifs is 1. The molecule has 0 bridgehead atoms. The Bertz CT molecular complexity index is 1130. The number of hydrogen-bond donors (Lipinski definition) is 2. The normalized spacial score (nSPS) is 12.9. The van der Waals surface area contributed by atoms with E-state index in [0.29, 0.717) is 16.8 Å². The van der Waals surface area contributed by atoms with Crippen molar-refractivity contribution >= 4 is 17.5 Å². The molecule has 1 aliphatic heterocycles. The number of aromatic nitrogens is 1. The molecule has 0 saturated heterocycles. The second kappa shape index (κ2) is 8.10. The van der Waals surface area contributed by atoms with Gasteiger partial charge in [-0.05, 0) is 5.56 Å². The summed E-state index contributed by atoms with van der Waals surface area (Å²) in [6, 6.07) is 9.90. The molecule has 3 N–H and O–H groups in total. The summed E-state index contributed by atoms with van der Waals surface area (Å²) in [5.74, 6) is -1.85. The van der Waals surface area contributed by atoms with Crippen molar-refractivity contribution in [2.24, 2.45) is 0 Å². The van der Waals surface area contributed by atoms with Gasteiger partial charge in [0.05, 0.1) is 38.6 Å². The molecule has 0 unspecified atom stereocenters. The lowest BCUT2D eigenvalue weighted by Crippen LogP contribution is -2.39. The van der Waals surface area contributed by atoms with Crippen LogP contribution in [-0.4, -0.2) is 30.1 Å². The van der Waals surface area contributed by atoms with Crippen LogP contribution in [0.3, 0.4) is 0 Å². The number of hydrogen-bond acceptors (Lipinski definition) is 5. The first kappa shape index (κ1) is 20.4. The van der Waals surface area contributed by atoms with Crippen molar-refractivity contribution in [1.82, 2.24) is 9.88 Å². The quantitative estimate of drug-likeness (QED) is 0.639. The highest BCUT2D eigenvalue weighted by Gasteiger charge is 2.30. The van der Waals surface area contributed by atoms with Crippen molar-refractivity contribution in [2.75, 3.05) is 25.3 Å². The topological polar surface area (TPSA) is 89.7 Å². The molecule has 4 rings (SSSR count). The summed E-state index contributed by atoms with van der Waals surface area (Å²) in [5, 5.41) is 2.79. The predicted molar refractivity (Wildman–Crippen MR) is 112 cm³/mol. The SMILES string of the molecule is COc1cc(OC)c(F)c(CN2Cc3cnc(N)c(-c4ccccc4)c3NC2=O)c1F. The van der Waals surface area contributed by atoms with Gasteiger partial charge in [0.1, 0.15) is 5.82 Å². The van der Waals surface area contributed by atoms with E-state index in [9.17, 15) is 13.6 Å². The average Bonchev–Trinajstić information content (AvgIpc) is 2.78. The van der Waals surface area contributed by atoms with E-state index in [-0.39, 0.29) is 36.0 Å². The molecule has 0 spiro atoms. The van der Waals surface area contributed by atoms with Crippen LogP contribution in [0.25, 0.3) is 11.1 Å². The predicted octanol–water partition coefficient (Wildman–Crippen LogP) is 4.17. The lowest BCUT2D eigenvalue weighted by Gasteiger charge is -2.31. The highest BCUT2D eigenvalue weighted by atomic mass is 19.1. The van der Waals surface area contributed by atoms with Gasteiger partial charge in [-0.25, -0.2) is 18.6 Å². The van der Waals surface area contributed by atoms with Gasteiger partial charge in [0.2, 0.25) is 0 Å². The highest BCUT2D eigenvalue weighted by molar-refractivity contribution is 6.00. The molecular weight excluding hydrogens is 406 g/mol. The van der Waals surface area contributed by atoms with E-state index in [1.165, 1.54) is 19.1 Å². The molecule has 0 saturated carbocycles. The van der Waals surface area contributed by atoms with E-state index >= 15 is 0 Å². The summed E-state index contributed by atoms with van der Waals surface area (Å²) < 4.78 is 39.5. The number of pyridine rings is 1. The maximum atomic E-state index is 14.8. The van der Waals surface area contributed by atoms with Crippen molar-refractivity contribution in [2.45, 2.75) is 13.1 Å². The lowest BCUT2D eigenvalue weighted by atomic mass is 10.00. The van der Waals surface area contributed by atoms with Gasteiger partial charge in [0.25, 0.3) is 0 Å². The van der Waals surface area contributed by atoms with E-state index in [1.807, 2.05) is 30.3 Å². The van der Waals surface area contributed by atoms with E-state index in [2.05, 4.69) is 10.3 Å². The van der Waals surface area contributed by atoms with Crippen LogP contribution >= 0.6 is 0 Å². The van der Waals surface area contributed by atoms with Crippen LogP contribution in [0.1, 0.15) is 11.1 Å². The Labute approximate surface area is 177 Å². The number of ether oxygens (including phenoxy) is 2. The van der Waals surface area contributed by atoms with Gasteiger partial charge < -0.3 is 25.4 Å². The molecular formula is C22H20F2N4O3. The number of urea groups is 1. The van der Waals surface area contributed by atoms with Crippen LogP contribution in [0.15, 0.2) is 42.6 Å². The molecule has 160 valence electrons. The molecule has 31 heavy (non-hydrogen) atoms. The van der Waals surface area contributed by atoms with Crippen molar-refractivity contribution in [3.8, 4) is 22.6 Å². The molecule has 2 amide bonds. The fourth-order valence-electron chi connectivity index (χ4n) is 3.58. The third kappa shape index (κ3) is 3.58. The first-order valence-corrected chi connectivity index (χ1v) is 9.42. The zero-order valence-corrected chi connectivity index (χ0v) is 16.9. The summed E-state index contributed by atoms with van der Waals surface area (Å²) in [5.41, 5.74) is 8.35. The molecule has 0 atom stereocenters. The number of benzene rings is 2. The molecule has 2 aromatic carbocycles. The smallest absolute Gasteiger partial charge is 0.322 e. The van der Waals surface area contributed by atoms with Gasteiger partial charge in [-0.15, -0.1) is 0 Å². The molecule has 0 fully saturated rings. The molecule has 0 radical (unpaired) electrons. The number of anilines is 2. The Balaban J connectivity index is 1.72. The van der Waals surface area contributed by atoms with Gasteiger partial charge in [-0.3, -0.25) is 0 Å². The highest BCUT2D eigenvalue weighted by Crippen LogP contribution is 2.38. The van der Waals surface area contributed by atoms with E-state index in [0.717, 1.165) is 11.6 Å². The van der Waals surface area contributed by atoms with E-state index in [4.69, 9.17) is 15.2 Å². The number of nitrogens with zero attached hydrogens (tertiary/aromatic N) is 2. The van der Waals surface area contributed by atoms with Crippen LogP contribution in [-0.2, 0) is 13.1 Å². The largest absolute Gasteiger partial charge is 0.494 e. The molecule has 0 aliphatic carbocycles. The number of nitrogens with one attached hydrogen (secondary N) is 1. The van der Waals surface area contributed by atoms with Crippen molar-refractivity contribution < 1.29 is 23.0 Å². The summed E-state index contributed by atoms with van der Waals surface area (Å²) in [4.78, 5) is 18.3. The third-order valence-electron chi connectivity index (χ3n) is 5.14. The van der Waals surface area contributed by atoms with Crippen LogP contribution < -0.4 is 20.5 Å². The zero-order chi connectivity index (χ0) is 22.1. The number of nitrogens with two attached hydrogens (primary N) is 1. The summed E-state index contributed by atoms with van der Waals surface area (Å²) in [7, 11) is 2.54. The van der Waals surface area contributed by atoms with Crippen LogP contribution in [0.5, 0.6) is 11.5 Å². The van der Waals surface area contributed by atoms with Crippen molar-refractivity contribution in [1.29, 1.82) is 0 Å². The zero-order valence-electron chi connectivity index (χ0n) is 16.9. The standard InChI is InChI=1S/C22H20F2N4O3/c1-30-15-8-16(31-2)19(24)14(18(15)23)11-28-10-13-9-26-21(25)17(20(13)27-22(28)29)12-6-4-3-5-7-12/h3-9H,10-11H2,1-2H3,(H2,25,26)(H,27,29). The van der Waals surface area contributed by atoms with Crippen LogP contribution in [0.4, 0.5) is 25.1 Å². The van der Waals surface area contributed by atoms with E-state index < -0.39 is 17.7 Å². The second-order valence-electron chi connectivity index (χ2n) is 6.96. The fourth-order valence-corrected chi connectivity index (χ4v) is 3.58. The van der Waals surface area contributed by atoms with Gasteiger partial charge in [-0.1, -0.05) is 30.3 Å². The van der Waals surface area contributed by atoms with Crippen molar-refractivity contribution in [3.05, 3.63) is 65.4 Å².